The van der Waals surface area contributed by atoms with Crippen LogP contribution in [-0.4, -0.2) is 17.5 Å². The van der Waals surface area contributed by atoms with E-state index in [0.717, 1.165) is 5.92 Å². The molecule has 0 amide bonds. The second-order valence-corrected chi connectivity index (χ2v) is 7.09. The zero-order valence-corrected chi connectivity index (χ0v) is 11.3. The molecule has 0 aromatic carbocycles. The van der Waals surface area contributed by atoms with Crippen LogP contribution in [0.3, 0.4) is 0 Å². The topological polar surface area (TPSA) is 38.0 Å². The van der Waals surface area contributed by atoms with Gasteiger partial charge in [-0.1, -0.05) is 47.8 Å². The Balaban J connectivity index is 2.25. The van der Waals surface area contributed by atoms with Gasteiger partial charge in [0.15, 0.2) is 0 Å². The molecule has 90 valence electrons. The van der Waals surface area contributed by atoms with Gasteiger partial charge in [-0.3, -0.25) is 11.3 Å². The monoisotopic (exact) mass is 248 g/mol. The van der Waals surface area contributed by atoms with Crippen LogP contribution >= 0.6 is 21.6 Å². The molecule has 15 heavy (non-hydrogen) atoms. The minimum absolute atomic E-state index is 0.558. The van der Waals surface area contributed by atoms with Gasteiger partial charge in [0.05, 0.1) is 0 Å². The van der Waals surface area contributed by atoms with Crippen LogP contribution in [0.15, 0.2) is 0 Å². The quantitative estimate of drug-likeness (QED) is 0.339. The molecule has 0 saturated heterocycles. The van der Waals surface area contributed by atoms with Crippen molar-refractivity contribution in [2.24, 2.45) is 11.8 Å². The largest absolute Gasteiger partial charge is 0.271 e. The van der Waals surface area contributed by atoms with Gasteiger partial charge in [-0.05, 0) is 25.2 Å². The van der Waals surface area contributed by atoms with Crippen molar-refractivity contribution in [1.82, 2.24) is 5.43 Å². The smallest absolute Gasteiger partial charge is 0.0213 e. The normalized spacial score (nSPS) is 28.4. The lowest BCUT2D eigenvalue weighted by atomic mass is 9.90. The van der Waals surface area contributed by atoms with Gasteiger partial charge in [0, 0.05) is 17.5 Å². The highest BCUT2D eigenvalue weighted by molar-refractivity contribution is 8.76. The number of rotatable bonds is 5. The van der Waals surface area contributed by atoms with Crippen LogP contribution < -0.4 is 11.3 Å². The predicted octanol–water partition coefficient (Wildman–Crippen LogP) is 3.19. The van der Waals surface area contributed by atoms with Crippen LogP contribution in [-0.2, 0) is 0 Å². The molecule has 0 spiro atoms. The van der Waals surface area contributed by atoms with E-state index in [1.54, 1.807) is 0 Å². The molecule has 0 heterocycles. The molecule has 1 saturated carbocycles. The molecule has 1 rings (SSSR count). The third-order valence-electron chi connectivity index (χ3n) is 3.02. The Morgan fingerprint density at radius 3 is 2.73 bits per heavy atom. The van der Waals surface area contributed by atoms with Crippen LogP contribution in [0, 0.1) is 5.92 Å². The lowest BCUT2D eigenvalue weighted by Crippen LogP contribution is -2.37. The summed E-state index contributed by atoms with van der Waals surface area (Å²) in [6.07, 6.45) is 8.08. The first-order valence-electron chi connectivity index (χ1n) is 6.07. The van der Waals surface area contributed by atoms with Crippen molar-refractivity contribution in [2.75, 3.05) is 11.5 Å². The van der Waals surface area contributed by atoms with Crippen molar-refractivity contribution in [3.05, 3.63) is 0 Å². The molecular weight excluding hydrogens is 224 g/mol. The maximum atomic E-state index is 5.58. The van der Waals surface area contributed by atoms with Crippen LogP contribution in [0.1, 0.15) is 45.4 Å². The van der Waals surface area contributed by atoms with Crippen LogP contribution in [0.25, 0.3) is 0 Å². The van der Waals surface area contributed by atoms with Crippen molar-refractivity contribution in [2.45, 2.75) is 51.5 Å². The summed E-state index contributed by atoms with van der Waals surface area (Å²) in [5.74, 6) is 8.97. The summed E-state index contributed by atoms with van der Waals surface area (Å²) in [6.45, 7) is 2.22. The second-order valence-electron chi connectivity index (χ2n) is 4.29. The Kier molecular flexibility index (Phi) is 7.97. The zero-order valence-electron chi connectivity index (χ0n) is 9.71. The number of hydrogen-bond donors (Lipinski definition) is 2. The Bertz CT molecular complexity index is 156. The van der Waals surface area contributed by atoms with Gasteiger partial charge in [-0.25, -0.2) is 0 Å². The highest BCUT2D eigenvalue weighted by Gasteiger charge is 2.17. The van der Waals surface area contributed by atoms with Gasteiger partial charge >= 0.3 is 0 Å². The highest BCUT2D eigenvalue weighted by Crippen LogP contribution is 2.30. The minimum atomic E-state index is 0.558. The summed E-state index contributed by atoms with van der Waals surface area (Å²) in [7, 11) is 4.02. The average Bonchev–Trinajstić information content (AvgIpc) is 2.21. The van der Waals surface area contributed by atoms with Crippen molar-refractivity contribution in [3.63, 3.8) is 0 Å². The fourth-order valence-electron chi connectivity index (χ4n) is 2.17. The lowest BCUT2D eigenvalue weighted by molar-refractivity contribution is 0.334. The Labute approximate surface area is 102 Å². The van der Waals surface area contributed by atoms with Crippen LogP contribution in [0.4, 0.5) is 0 Å². The molecule has 2 unspecified atom stereocenters. The van der Waals surface area contributed by atoms with Gasteiger partial charge in [0.1, 0.15) is 0 Å². The van der Waals surface area contributed by atoms with E-state index in [9.17, 15) is 0 Å². The molecule has 1 fully saturated rings. The van der Waals surface area contributed by atoms with Crippen molar-refractivity contribution < 1.29 is 0 Å². The predicted molar refractivity (Wildman–Crippen MR) is 72.9 cm³/mol. The van der Waals surface area contributed by atoms with E-state index in [0.29, 0.717) is 6.04 Å². The number of hydrazine groups is 1. The maximum absolute atomic E-state index is 5.58. The lowest BCUT2D eigenvalue weighted by Gasteiger charge is -2.25. The Morgan fingerprint density at radius 2 is 2.00 bits per heavy atom. The molecule has 0 aromatic heterocycles. The van der Waals surface area contributed by atoms with Crippen LogP contribution in [0.2, 0.25) is 0 Å². The van der Waals surface area contributed by atoms with Crippen molar-refractivity contribution in [1.29, 1.82) is 0 Å². The van der Waals surface area contributed by atoms with Gasteiger partial charge in [0.2, 0.25) is 0 Å². The first-order valence-corrected chi connectivity index (χ1v) is 8.56. The van der Waals surface area contributed by atoms with Crippen molar-refractivity contribution in [3.8, 4) is 0 Å². The zero-order chi connectivity index (χ0) is 10.9. The molecule has 0 aromatic rings. The first kappa shape index (κ1) is 13.7. The minimum Gasteiger partial charge on any atom is -0.271 e. The molecular formula is C11H24N2S2. The van der Waals surface area contributed by atoms with E-state index in [2.05, 4.69) is 12.3 Å². The van der Waals surface area contributed by atoms with Gasteiger partial charge < -0.3 is 0 Å². The van der Waals surface area contributed by atoms with E-state index in [4.69, 9.17) is 5.84 Å². The molecule has 0 radical (unpaired) electrons. The summed E-state index contributed by atoms with van der Waals surface area (Å²) >= 11 is 0. The standard InChI is InChI=1S/C11H24N2S2/c1-2-14-15-9-10-6-4-3-5-7-11(8-10)13-12/h10-11,13H,2-9,12H2,1H3. The second kappa shape index (κ2) is 8.74. The van der Waals surface area contributed by atoms with E-state index >= 15 is 0 Å². The molecule has 2 nitrogen and oxygen atoms in total. The van der Waals surface area contributed by atoms with E-state index < -0.39 is 0 Å². The molecule has 4 heteroatoms. The maximum Gasteiger partial charge on any atom is 0.0213 e. The Hall–Kier alpha value is 0.620. The summed E-state index contributed by atoms with van der Waals surface area (Å²) < 4.78 is 0. The molecule has 1 aliphatic carbocycles. The molecule has 0 aliphatic heterocycles. The van der Waals surface area contributed by atoms with Crippen LogP contribution in [0.5, 0.6) is 0 Å². The third kappa shape index (κ3) is 6.05. The van der Waals surface area contributed by atoms with Gasteiger partial charge in [-0.2, -0.15) is 0 Å². The number of nitrogens with one attached hydrogen (secondary N) is 1. The van der Waals surface area contributed by atoms with E-state index in [1.165, 1.54) is 50.0 Å². The SMILES string of the molecule is CCSSCC1CCCCCC(NN)C1. The first-order chi connectivity index (χ1) is 7.36. The molecule has 0 bridgehead atoms. The average molecular weight is 248 g/mol. The summed E-state index contributed by atoms with van der Waals surface area (Å²) in [5.41, 5.74) is 2.98. The van der Waals surface area contributed by atoms with Crippen molar-refractivity contribution >= 4 is 21.6 Å². The number of hydrogen-bond acceptors (Lipinski definition) is 4. The fraction of sp³-hybridized carbons (Fsp3) is 1.00. The third-order valence-corrected chi connectivity index (χ3v) is 5.65. The molecule has 2 atom stereocenters. The van der Waals surface area contributed by atoms with E-state index in [-0.39, 0.29) is 0 Å². The number of nitrogens with two attached hydrogens (primary N) is 1. The highest BCUT2D eigenvalue weighted by atomic mass is 33.1. The summed E-state index contributed by atoms with van der Waals surface area (Å²) in [6, 6.07) is 0.558. The van der Waals surface area contributed by atoms with Gasteiger partial charge in [0.25, 0.3) is 0 Å². The summed E-state index contributed by atoms with van der Waals surface area (Å²) in [5, 5.41) is 0. The molecule has 1 aliphatic rings. The molecule has 3 N–H and O–H groups in total. The van der Waals surface area contributed by atoms with Gasteiger partial charge in [-0.15, -0.1) is 0 Å². The van der Waals surface area contributed by atoms with E-state index in [1.807, 2.05) is 21.6 Å². The summed E-state index contributed by atoms with van der Waals surface area (Å²) in [4.78, 5) is 0. The fourth-order valence-corrected chi connectivity index (χ4v) is 4.29. The Morgan fingerprint density at radius 1 is 1.20 bits per heavy atom.